The van der Waals surface area contributed by atoms with Gasteiger partial charge in [0.1, 0.15) is 19.3 Å². The fraction of sp³-hybridized carbons (Fsp3) is 0.952. The van der Waals surface area contributed by atoms with E-state index in [1.807, 2.05) is 21.1 Å². The standard InChI is InChI=1S/C42H86NO6P/c1-6-8-10-12-14-16-18-20-22-23-25-27-29-31-33-35-38-47-42(41-49-50(44,45)48-39-36-43(3,4)5)40-46-37-34-32-30-28-26-24-21-19-17-15-13-11-9-7-2/h23,25,42H,6-22,24,26-41H2,1-5H3/p+1/b25-23-/t42-/m1/s1. The van der Waals surface area contributed by atoms with Crippen LogP contribution in [0.25, 0.3) is 0 Å². The first-order valence-electron chi connectivity index (χ1n) is 21.5. The summed E-state index contributed by atoms with van der Waals surface area (Å²) in [6, 6.07) is 0. The van der Waals surface area contributed by atoms with E-state index < -0.39 is 7.82 Å². The lowest BCUT2D eigenvalue weighted by atomic mass is 10.0. The Morgan fingerprint density at radius 3 is 1.36 bits per heavy atom. The number of hydrogen-bond acceptors (Lipinski definition) is 5. The number of phosphoric ester groups is 1. The zero-order valence-corrected chi connectivity index (χ0v) is 35.1. The van der Waals surface area contributed by atoms with E-state index in [0.29, 0.717) is 30.8 Å². The highest BCUT2D eigenvalue weighted by atomic mass is 31.2. The Hall–Kier alpha value is -0.270. The van der Waals surface area contributed by atoms with Crippen LogP contribution in [0.15, 0.2) is 12.2 Å². The van der Waals surface area contributed by atoms with Crippen molar-refractivity contribution in [3.63, 3.8) is 0 Å². The van der Waals surface area contributed by atoms with Crippen molar-refractivity contribution in [3.8, 4) is 0 Å². The van der Waals surface area contributed by atoms with Crippen molar-refractivity contribution < 1.29 is 32.5 Å². The van der Waals surface area contributed by atoms with Crippen molar-refractivity contribution >= 4 is 7.82 Å². The van der Waals surface area contributed by atoms with E-state index in [1.165, 1.54) is 154 Å². The van der Waals surface area contributed by atoms with E-state index in [2.05, 4.69) is 26.0 Å². The van der Waals surface area contributed by atoms with Crippen LogP contribution in [0.5, 0.6) is 0 Å². The predicted molar refractivity (Wildman–Crippen MR) is 215 cm³/mol. The number of quaternary nitrogens is 1. The molecule has 0 aliphatic carbocycles. The first kappa shape index (κ1) is 49.7. The quantitative estimate of drug-likeness (QED) is 0.0292. The van der Waals surface area contributed by atoms with Gasteiger partial charge < -0.3 is 18.9 Å². The van der Waals surface area contributed by atoms with E-state index in [-0.39, 0.29) is 19.3 Å². The summed E-state index contributed by atoms with van der Waals surface area (Å²) in [7, 11) is 1.91. The molecular weight excluding hydrogens is 645 g/mol. The summed E-state index contributed by atoms with van der Waals surface area (Å²) in [6.45, 7) is 6.96. The minimum atomic E-state index is -4.14. The van der Waals surface area contributed by atoms with Gasteiger partial charge in [-0.2, -0.15) is 0 Å². The van der Waals surface area contributed by atoms with Crippen LogP contribution in [0.2, 0.25) is 0 Å². The third-order valence-electron chi connectivity index (χ3n) is 9.40. The molecule has 0 radical (unpaired) electrons. The molecule has 0 amide bonds. The van der Waals surface area contributed by atoms with Crippen LogP contribution >= 0.6 is 7.82 Å². The molecule has 0 saturated carbocycles. The maximum absolute atomic E-state index is 12.5. The smallest absolute Gasteiger partial charge is 0.379 e. The average molecular weight is 733 g/mol. The van der Waals surface area contributed by atoms with Crippen LogP contribution in [0.4, 0.5) is 0 Å². The van der Waals surface area contributed by atoms with Gasteiger partial charge in [0.05, 0.1) is 34.4 Å². The summed E-state index contributed by atoms with van der Waals surface area (Å²) in [5, 5.41) is 0. The molecule has 8 heteroatoms. The number of ether oxygens (including phenoxy) is 2. The molecule has 0 aliphatic rings. The minimum absolute atomic E-state index is 0.0133. The van der Waals surface area contributed by atoms with Gasteiger partial charge in [-0.25, -0.2) is 4.57 Å². The largest absolute Gasteiger partial charge is 0.472 e. The SMILES string of the molecule is CCCCCCCCCC/C=C\CCCCCCO[C@H](COCCCCCCCCCCCCCCCC)COP(=O)(O)OCC[N+](C)(C)C. The zero-order valence-electron chi connectivity index (χ0n) is 34.2. The summed E-state index contributed by atoms with van der Waals surface area (Å²) in [4.78, 5) is 10.2. The Kier molecular flexibility index (Phi) is 36.9. The van der Waals surface area contributed by atoms with Crippen LogP contribution in [0, 0.1) is 0 Å². The van der Waals surface area contributed by atoms with Gasteiger partial charge in [0, 0.05) is 13.2 Å². The summed E-state index contributed by atoms with van der Waals surface area (Å²) in [5.74, 6) is 0. The van der Waals surface area contributed by atoms with Crippen molar-refractivity contribution in [1.29, 1.82) is 0 Å². The van der Waals surface area contributed by atoms with Gasteiger partial charge in [0.25, 0.3) is 0 Å². The molecule has 0 rings (SSSR count). The summed E-state index contributed by atoms with van der Waals surface area (Å²) < 4.78 is 35.7. The molecule has 0 bridgehead atoms. The molecule has 1 unspecified atom stereocenters. The average Bonchev–Trinajstić information content (AvgIpc) is 3.07. The Labute approximate surface area is 312 Å². The Balaban J connectivity index is 4.11. The van der Waals surface area contributed by atoms with Gasteiger partial charge >= 0.3 is 7.82 Å². The highest BCUT2D eigenvalue weighted by Crippen LogP contribution is 2.43. The Bertz CT molecular complexity index is 759. The summed E-state index contributed by atoms with van der Waals surface area (Å²) >= 11 is 0. The second kappa shape index (κ2) is 37.1. The predicted octanol–water partition coefficient (Wildman–Crippen LogP) is 12.7. The van der Waals surface area contributed by atoms with Crippen molar-refractivity contribution in [2.24, 2.45) is 0 Å². The molecule has 7 nitrogen and oxygen atoms in total. The molecule has 50 heavy (non-hydrogen) atoms. The minimum Gasteiger partial charge on any atom is -0.379 e. The molecule has 0 heterocycles. The van der Waals surface area contributed by atoms with E-state index >= 15 is 0 Å². The van der Waals surface area contributed by atoms with E-state index in [9.17, 15) is 9.46 Å². The van der Waals surface area contributed by atoms with Crippen molar-refractivity contribution in [1.82, 2.24) is 0 Å². The lowest BCUT2D eigenvalue weighted by Gasteiger charge is -2.24. The van der Waals surface area contributed by atoms with E-state index in [0.717, 1.165) is 25.7 Å². The molecule has 0 aliphatic heterocycles. The highest BCUT2D eigenvalue weighted by Gasteiger charge is 2.25. The van der Waals surface area contributed by atoms with Crippen molar-refractivity contribution in [2.45, 2.75) is 200 Å². The van der Waals surface area contributed by atoms with Crippen LogP contribution in [-0.4, -0.2) is 76.2 Å². The number of nitrogens with zero attached hydrogens (tertiary/aromatic N) is 1. The third kappa shape index (κ3) is 40.5. The molecular formula is C42H87NO6P+. The van der Waals surface area contributed by atoms with Crippen LogP contribution in [-0.2, 0) is 23.1 Å². The first-order chi connectivity index (χ1) is 24.2. The third-order valence-corrected chi connectivity index (χ3v) is 10.4. The van der Waals surface area contributed by atoms with Gasteiger partial charge in [-0.3, -0.25) is 9.05 Å². The molecule has 0 aromatic heterocycles. The van der Waals surface area contributed by atoms with Crippen LogP contribution < -0.4 is 0 Å². The topological polar surface area (TPSA) is 74.2 Å². The second-order valence-corrected chi connectivity index (χ2v) is 17.2. The number of likely N-dealkylation sites (N-methyl/N-ethyl adjacent to an activating group) is 1. The van der Waals surface area contributed by atoms with Gasteiger partial charge in [0.2, 0.25) is 0 Å². The van der Waals surface area contributed by atoms with Gasteiger partial charge in [0.15, 0.2) is 0 Å². The van der Waals surface area contributed by atoms with Crippen LogP contribution in [0.3, 0.4) is 0 Å². The summed E-state index contributed by atoms with van der Waals surface area (Å²) in [5.41, 5.74) is 0. The van der Waals surface area contributed by atoms with Gasteiger partial charge in [-0.1, -0.05) is 167 Å². The lowest BCUT2D eigenvalue weighted by molar-refractivity contribution is -0.870. The maximum atomic E-state index is 12.5. The molecule has 2 atom stereocenters. The number of phosphoric acid groups is 1. The zero-order chi connectivity index (χ0) is 36.9. The van der Waals surface area contributed by atoms with Crippen LogP contribution in [0.1, 0.15) is 194 Å². The Morgan fingerprint density at radius 2 is 0.920 bits per heavy atom. The normalized spacial score (nSPS) is 14.1. The van der Waals surface area contributed by atoms with E-state index in [4.69, 9.17) is 18.5 Å². The summed E-state index contributed by atoms with van der Waals surface area (Å²) in [6.07, 6.45) is 40.9. The molecule has 0 fully saturated rings. The number of allylic oxidation sites excluding steroid dienone is 2. The number of rotatable bonds is 41. The second-order valence-electron chi connectivity index (χ2n) is 15.7. The molecule has 300 valence electrons. The van der Waals surface area contributed by atoms with Gasteiger partial charge in [-0.05, 0) is 38.5 Å². The highest BCUT2D eigenvalue weighted by molar-refractivity contribution is 7.47. The molecule has 0 spiro atoms. The van der Waals surface area contributed by atoms with Crippen molar-refractivity contribution in [2.75, 3.05) is 60.7 Å². The fourth-order valence-electron chi connectivity index (χ4n) is 6.00. The van der Waals surface area contributed by atoms with E-state index in [1.54, 1.807) is 0 Å². The molecule has 1 N–H and O–H groups in total. The fourth-order valence-corrected chi connectivity index (χ4v) is 6.74. The number of hydrogen-bond donors (Lipinski definition) is 1. The Morgan fingerprint density at radius 1 is 0.520 bits per heavy atom. The first-order valence-corrected chi connectivity index (χ1v) is 23.0. The number of unbranched alkanes of at least 4 members (excludes halogenated alkanes) is 25. The molecule has 0 aromatic rings. The van der Waals surface area contributed by atoms with Crippen molar-refractivity contribution in [3.05, 3.63) is 12.2 Å². The monoisotopic (exact) mass is 733 g/mol. The maximum Gasteiger partial charge on any atom is 0.472 e. The lowest BCUT2D eigenvalue weighted by Crippen LogP contribution is -2.37. The molecule has 0 aromatic carbocycles. The van der Waals surface area contributed by atoms with Gasteiger partial charge in [-0.15, -0.1) is 0 Å². The molecule has 0 saturated heterocycles.